The molecule has 0 atom stereocenters. The first kappa shape index (κ1) is 17.9. The minimum absolute atomic E-state index is 0.0828. The van der Waals surface area contributed by atoms with Crippen LogP contribution in [0.3, 0.4) is 0 Å². The zero-order chi connectivity index (χ0) is 19.7. The molecule has 1 aliphatic heterocycles. The topological polar surface area (TPSA) is 106 Å². The highest BCUT2D eigenvalue weighted by Crippen LogP contribution is 2.28. The second kappa shape index (κ2) is 7.24. The number of benzene rings is 2. The first-order valence-electron chi connectivity index (χ1n) is 8.97. The monoisotopic (exact) mass is 378 g/mol. The molecule has 142 valence electrons. The number of nitrogens with one attached hydrogen (secondary N) is 2. The smallest absolute Gasteiger partial charge is 0.296 e. The molecule has 4 rings (SSSR count). The van der Waals surface area contributed by atoms with E-state index in [2.05, 4.69) is 15.2 Å². The Morgan fingerprint density at radius 3 is 2.57 bits per heavy atom. The molecule has 8 nitrogen and oxygen atoms in total. The average molecular weight is 378 g/mol. The van der Waals surface area contributed by atoms with Crippen LogP contribution in [0.15, 0.2) is 48.5 Å². The SMILES string of the molecule is O=C(Nc1ccc([N+](=O)[O-])cc1)C(=O)c1c2n(c3ccccc13)CCNCC2. The molecule has 0 saturated carbocycles. The van der Waals surface area contributed by atoms with Crippen molar-refractivity contribution in [1.82, 2.24) is 9.88 Å². The molecular formula is C20H18N4O4. The van der Waals surface area contributed by atoms with Gasteiger partial charge in [0.25, 0.3) is 17.4 Å². The van der Waals surface area contributed by atoms with Crippen molar-refractivity contribution < 1.29 is 14.5 Å². The molecule has 2 N–H and O–H groups in total. The molecule has 0 bridgehead atoms. The fraction of sp³-hybridized carbons (Fsp3) is 0.200. The largest absolute Gasteiger partial charge is 0.343 e. The Balaban J connectivity index is 1.67. The Morgan fingerprint density at radius 2 is 1.82 bits per heavy atom. The van der Waals surface area contributed by atoms with Crippen molar-refractivity contribution in [2.45, 2.75) is 13.0 Å². The average Bonchev–Trinajstić information content (AvgIpc) is 2.84. The van der Waals surface area contributed by atoms with E-state index in [1.54, 1.807) is 0 Å². The van der Waals surface area contributed by atoms with Crippen LogP contribution in [0.4, 0.5) is 11.4 Å². The summed E-state index contributed by atoms with van der Waals surface area (Å²) in [6.07, 6.45) is 0.653. The van der Waals surface area contributed by atoms with E-state index >= 15 is 0 Å². The predicted molar refractivity (Wildman–Crippen MR) is 105 cm³/mol. The molecule has 1 amide bonds. The number of carbonyl (C=O) groups excluding carboxylic acids is 2. The molecular weight excluding hydrogens is 360 g/mol. The summed E-state index contributed by atoms with van der Waals surface area (Å²) < 4.78 is 2.10. The van der Waals surface area contributed by atoms with E-state index in [1.807, 2.05) is 24.3 Å². The van der Waals surface area contributed by atoms with Gasteiger partial charge in [0.05, 0.1) is 10.5 Å². The van der Waals surface area contributed by atoms with E-state index in [-0.39, 0.29) is 5.69 Å². The number of fused-ring (bicyclic) bond motifs is 3. The van der Waals surface area contributed by atoms with E-state index in [0.717, 1.165) is 36.2 Å². The lowest BCUT2D eigenvalue weighted by molar-refractivity contribution is -0.384. The van der Waals surface area contributed by atoms with Gasteiger partial charge in [-0.05, 0) is 18.2 Å². The number of non-ortho nitro benzene ring substituents is 1. The maximum absolute atomic E-state index is 13.0. The Kier molecular flexibility index (Phi) is 4.62. The van der Waals surface area contributed by atoms with Gasteiger partial charge in [-0.2, -0.15) is 0 Å². The molecule has 0 spiro atoms. The summed E-state index contributed by atoms with van der Waals surface area (Å²) in [6, 6.07) is 13.0. The highest BCUT2D eigenvalue weighted by atomic mass is 16.6. The van der Waals surface area contributed by atoms with Gasteiger partial charge in [0.15, 0.2) is 0 Å². The van der Waals surface area contributed by atoms with Crippen LogP contribution >= 0.6 is 0 Å². The van der Waals surface area contributed by atoms with E-state index in [4.69, 9.17) is 0 Å². The van der Waals surface area contributed by atoms with Crippen LogP contribution in [0, 0.1) is 10.1 Å². The Hall–Kier alpha value is -3.52. The molecule has 8 heteroatoms. The van der Waals surface area contributed by atoms with Crippen molar-refractivity contribution in [1.29, 1.82) is 0 Å². The van der Waals surface area contributed by atoms with Gasteiger partial charge in [0.1, 0.15) is 0 Å². The number of anilines is 1. The molecule has 1 aromatic heterocycles. The number of ketones is 1. The quantitative estimate of drug-likeness (QED) is 0.314. The van der Waals surface area contributed by atoms with Crippen LogP contribution in [-0.2, 0) is 17.8 Å². The number of aromatic nitrogens is 1. The number of amides is 1. The fourth-order valence-corrected chi connectivity index (χ4v) is 3.62. The number of rotatable bonds is 4. The van der Waals surface area contributed by atoms with E-state index in [0.29, 0.717) is 17.7 Å². The lowest BCUT2D eigenvalue weighted by Crippen LogP contribution is -2.24. The van der Waals surface area contributed by atoms with Crippen molar-refractivity contribution >= 4 is 34.0 Å². The van der Waals surface area contributed by atoms with Gasteiger partial charge in [-0.15, -0.1) is 0 Å². The van der Waals surface area contributed by atoms with Gasteiger partial charge < -0.3 is 15.2 Å². The number of Topliss-reactive ketones (excluding diaryl/α,β-unsaturated/α-hetero) is 1. The zero-order valence-corrected chi connectivity index (χ0v) is 15.0. The lowest BCUT2D eigenvalue weighted by atomic mass is 10.0. The maximum atomic E-state index is 13.0. The zero-order valence-electron chi connectivity index (χ0n) is 15.0. The summed E-state index contributed by atoms with van der Waals surface area (Å²) in [7, 11) is 0. The molecule has 0 unspecified atom stereocenters. The van der Waals surface area contributed by atoms with Crippen molar-refractivity contribution in [3.05, 3.63) is 69.9 Å². The fourth-order valence-electron chi connectivity index (χ4n) is 3.62. The number of nitro groups is 1. The van der Waals surface area contributed by atoms with Crippen molar-refractivity contribution in [2.75, 3.05) is 18.4 Å². The number of nitrogens with zero attached hydrogens (tertiary/aromatic N) is 2. The Labute approximate surface area is 160 Å². The summed E-state index contributed by atoms with van der Waals surface area (Å²) in [5.74, 6) is -1.37. The van der Waals surface area contributed by atoms with Crippen LogP contribution in [0.2, 0.25) is 0 Å². The molecule has 2 aromatic carbocycles. The van der Waals surface area contributed by atoms with Crippen LogP contribution < -0.4 is 10.6 Å². The minimum Gasteiger partial charge on any atom is -0.343 e. The normalized spacial score (nSPS) is 13.6. The molecule has 0 radical (unpaired) electrons. The van der Waals surface area contributed by atoms with Gasteiger partial charge in [0.2, 0.25) is 0 Å². The third kappa shape index (κ3) is 3.14. The standard InChI is InChI=1S/C20H18N4O4/c25-19(20(26)22-13-5-7-14(8-6-13)24(27)28)18-15-3-1-2-4-16(15)23-12-11-21-10-9-17(18)23/h1-8,21H,9-12H2,(H,22,26). The minimum atomic E-state index is -0.759. The van der Waals surface area contributed by atoms with Crippen molar-refractivity contribution in [3.8, 4) is 0 Å². The predicted octanol–water partition coefficient (Wildman–Crippen LogP) is 2.52. The Bertz CT molecular complexity index is 1090. The second-order valence-electron chi connectivity index (χ2n) is 6.58. The first-order valence-corrected chi connectivity index (χ1v) is 8.97. The number of para-hydroxylation sites is 1. The van der Waals surface area contributed by atoms with E-state index in [9.17, 15) is 19.7 Å². The van der Waals surface area contributed by atoms with Crippen LogP contribution in [-0.4, -0.2) is 34.3 Å². The number of hydrogen-bond donors (Lipinski definition) is 2. The van der Waals surface area contributed by atoms with E-state index in [1.165, 1.54) is 24.3 Å². The van der Waals surface area contributed by atoms with Gasteiger partial charge in [-0.1, -0.05) is 18.2 Å². The first-order chi connectivity index (χ1) is 13.6. The summed E-state index contributed by atoms with van der Waals surface area (Å²) >= 11 is 0. The van der Waals surface area contributed by atoms with Gasteiger partial charge >= 0.3 is 0 Å². The Morgan fingerprint density at radius 1 is 1.07 bits per heavy atom. The third-order valence-corrected chi connectivity index (χ3v) is 4.90. The van der Waals surface area contributed by atoms with Gasteiger partial charge in [-0.3, -0.25) is 19.7 Å². The number of hydrogen-bond acceptors (Lipinski definition) is 5. The van der Waals surface area contributed by atoms with Gasteiger partial charge in [0, 0.05) is 60.5 Å². The highest BCUT2D eigenvalue weighted by Gasteiger charge is 2.27. The summed E-state index contributed by atoms with van der Waals surface area (Å²) in [5.41, 5.74) is 2.47. The highest BCUT2D eigenvalue weighted by molar-refractivity contribution is 6.48. The molecule has 0 fully saturated rings. The molecule has 3 aromatic rings. The van der Waals surface area contributed by atoms with Crippen molar-refractivity contribution in [3.63, 3.8) is 0 Å². The third-order valence-electron chi connectivity index (χ3n) is 4.90. The molecule has 1 aliphatic rings. The van der Waals surface area contributed by atoms with Crippen LogP contribution in [0.25, 0.3) is 10.9 Å². The number of carbonyl (C=O) groups is 2. The summed E-state index contributed by atoms with van der Waals surface area (Å²) in [6.45, 7) is 2.27. The lowest BCUT2D eigenvalue weighted by Gasteiger charge is -2.07. The molecule has 0 saturated heterocycles. The van der Waals surface area contributed by atoms with Gasteiger partial charge in [-0.25, -0.2) is 0 Å². The maximum Gasteiger partial charge on any atom is 0.296 e. The molecule has 2 heterocycles. The summed E-state index contributed by atoms with van der Waals surface area (Å²) in [4.78, 5) is 35.9. The second-order valence-corrected chi connectivity index (χ2v) is 6.58. The number of nitro benzene ring substituents is 1. The van der Waals surface area contributed by atoms with Crippen LogP contribution in [0.1, 0.15) is 16.1 Å². The molecule has 28 heavy (non-hydrogen) atoms. The van der Waals surface area contributed by atoms with Crippen LogP contribution in [0.5, 0.6) is 0 Å². The van der Waals surface area contributed by atoms with Crippen molar-refractivity contribution in [2.24, 2.45) is 0 Å². The molecule has 0 aliphatic carbocycles. The summed E-state index contributed by atoms with van der Waals surface area (Å²) in [5, 5.41) is 17.4. The van der Waals surface area contributed by atoms with E-state index < -0.39 is 16.6 Å².